The van der Waals surface area contributed by atoms with Crippen molar-refractivity contribution in [3.05, 3.63) is 106 Å². The van der Waals surface area contributed by atoms with Crippen molar-refractivity contribution < 1.29 is 8.91 Å². The number of nitrogens with zero attached hydrogens (tertiary/aromatic N) is 3. The highest BCUT2D eigenvalue weighted by Gasteiger charge is 2.35. The molecule has 1 aliphatic heterocycles. The van der Waals surface area contributed by atoms with E-state index < -0.39 is 0 Å². The number of benzene rings is 3. The minimum absolute atomic E-state index is 0.300. The summed E-state index contributed by atoms with van der Waals surface area (Å²) in [7, 11) is 0. The number of hydrogen-bond acceptors (Lipinski definition) is 4. The molecule has 0 saturated carbocycles. The summed E-state index contributed by atoms with van der Waals surface area (Å²) < 4.78 is 19.5. The Balaban J connectivity index is 1.65. The summed E-state index contributed by atoms with van der Waals surface area (Å²) in [5.41, 5.74) is 7.83. The standard InChI is InChI=1S/C28H25FN4OS/c1-16-5-8-21(9-6-16)26-31-27(34-32-26)24-19(4)33(23-14-7-17(2)18(3)15-23)28(35)30-25(24)20-10-12-22(29)13-11-20/h5-15,25H,1-4H3,(H,30,35). The Morgan fingerprint density at radius 1 is 0.914 bits per heavy atom. The lowest BCUT2D eigenvalue weighted by Crippen LogP contribution is -2.46. The smallest absolute Gasteiger partial charge is 0.258 e. The summed E-state index contributed by atoms with van der Waals surface area (Å²) in [6.07, 6.45) is 0. The fraction of sp³-hybridized carbons (Fsp3) is 0.179. The second-order valence-corrected chi connectivity index (χ2v) is 9.21. The number of halogens is 1. The van der Waals surface area contributed by atoms with Gasteiger partial charge in [0, 0.05) is 16.9 Å². The molecule has 1 aromatic heterocycles. The molecule has 5 nitrogen and oxygen atoms in total. The first-order valence-electron chi connectivity index (χ1n) is 11.4. The van der Waals surface area contributed by atoms with Crippen LogP contribution in [-0.2, 0) is 0 Å². The van der Waals surface area contributed by atoms with Crippen molar-refractivity contribution in [1.82, 2.24) is 15.5 Å². The first-order chi connectivity index (χ1) is 16.8. The van der Waals surface area contributed by atoms with Crippen LogP contribution in [-0.4, -0.2) is 15.3 Å². The minimum Gasteiger partial charge on any atom is -0.351 e. The Hall–Kier alpha value is -3.84. The van der Waals surface area contributed by atoms with Crippen molar-refractivity contribution in [2.75, 3.05) is 4.90 Å². The average molecular weight is 485 g/mol. The molecule has 176 valence electrons. The normalized spacial score (nSPS) is 16.0. The molecule has 0 aliphatic carbocycles. The van der Waals surface area contributed by atoms with Gasteiger partial charge in [0.05, 0.1) is 11.6 Å². The summed E-state index contributed by atoms with van der Waals surface area (Å²) in [6.45, 7) is 8.18. The van der Waals surface area contributed by atoms with Crippen LogP contribution < -0.4 is 10.2 Å². The fourth-order valence-electron chi connectivity index (χ4n) is 4.25. The summed E-state index contributed by atoms with van der Waals surface area (Å²) in [5.74, 6) is 0.589. The molecule has 3 aromatic carbocycles. The maximum Gasteiger partial charge on any atom is 0.258 e. The lowest BCUT2D eigenvalue weighted by Gasteiger charge is -2.37. The van der Waals surface area contributed by atoms with Crippen LogP contribution in [0.25, 0.3) is 17.0 Å². The van der Waals surface area contributed by atoms with Crippen LogP contribution in [0.3, 0.4) is 0 Å². The van der Waals surface area contributed by atoms with Crippen LogP contribution in [0.4, 0.5) is 10.1 Å². The maximum atomic E-state index is 13.7. The van der Waals surface area contributed by atoms with E-state index in [4.69, 9.17) is 21.7 Å². The molecule has 0 bridgehead atoms. The highest BCUT2D eigenvalue weighted by molar-refractivity contribution is 7.80. The SMILES string of the molecule is CC1=C(c2nc(-c3ccc(C)cc3)no2)C(c2ccc(F)cc2)NC(=S)N1c1ccc(C)c(C)c1. The molecule has 5 rings (SSSR count). The van der Waals surface area contributed by atoms with E-state index in [2.05, 4.69) is 36.5 Å². The number of nitrogens with one attached hydrogen (secondary N) is 1. The predicted octanol–water partition coefficient (Wildman–Crippen LogP) is 6.67. The number of rotatable bonds is 4. The monoisotopic (exact) mass is 484 g/mol. The molecule has 0 amide bonds. The summed E-state index contributed by atoms with van der Waals surface area (Å²) in [4.78, 5) is 6.72. The van der Waals surface area contributed by atoms with Gasteiger partial charge in [-0.3, -0.25) is 4.90 Å². The molecular formula is C28H25FN4OS. The number of aryl methyl sites for hydroxylation is 3. The molecule has 7 heteroatoms. The van der Waals surface area contributed by atoms with Crippen LogP contribution in [0.15, 0.2) is 77.0 Å². The Morgan fingerprint density at radius 2 is 1.63 bits per heavy atom. The van der Waals surface area contributed by atoms with E-state index in [1.807, 2.05) is 49.1 Å². The Bertz CT molecular complexity index is 1440. The maximum absolute atomic E-state index is 13.7. The largest absolute Gasteiger partial charge is 0.351 e. The quantitative estimate of drug-likeness (QED) is 0.327. The van der Waals surface area contributed by atoms with Gasteiger partial charge in [0.25, 0.3) is 5.89 Å². The van der Waals surface area contributed by atoms with Crippen LogP contribution in [0.1, 0.15) is 41.1 Å². The first-order valence-corrected chi connectivity index (χ1v) is 11.8. The van der Waals surface area contributed by atoms with E-state index in [0.29, 0.717) is 16.8 Å². The lowest BCUT2D eigenvalue weighted by molar-refractivity contribution is 0.404. The highest BCUT2D eigenvalue weighted by atomic mass is 32.1. The molecule has 35 heavy (non-hydrogen) atoms. The van der Waals surface area contributed by atoms with E-state index in [0.717, 1.165) is 33.6 Å². The van der Waals surface area contributed by atoms with Gasteiger partial charge < -0.3 is 9.84 Å². The topological polar surface area (TPSA) is 54.2 Å². The Morgan fingerprint density at radius 3 is 2.31 bits per heavy atom. The van der Waals surface area contributed by atoms with Crippen molar-refractivity contribution in [3.8, 4) is 11.4 Å². The molecule has 1 atom stereocenters. The van der Waals surface area contributed by atoms with Crippen molar-refractivity contribution in [2.45, 2.75) is 33.7 Å². The van der Waals surface area contributed by atoms with E-state index in [1.165, 1.54) is 23.3 Å². The zero-order chi connectivity index (χ0) is 24.7. The van der Waals surface area contributed by atoms with Crippen molar-refractivity contribution in [3.63, 3.8) is 0 Å². The molecule has 0 spiro atoms. The Kier molecular flexibility index (Phi) is 5.94. The van der Waals surface area contributed by atoms with Crippen molar-refractivity contribution >= 4 is 28.6 Å². The van der Waals surface area contributed by atoms with Crippen LogP contribution in [0.2, 0.25) is 0 Å². The zero-order valence-corrected chi connectivity index (χ0v) is 20.8. The van der Waals surface area contributed by atoms with Gasteiger partial charge in [-0.2, -0.15) is 4.98 Å². The molecule has 0 saturated heterocycles. The van der Waals surface area contributed by atoms with Crippen molar-refractivity contribution in [1.29, 1.82) is 0 Å². The first kappa shape index (κ1) is 22.9. The molecule has 1 N–H and O–H groups in total. The average Bonchev–Trinajstić information content (AvgIpc) is 3.31. The lowest BCUT2D eigenvalue weighted by atomic mass is 9.94. The number of hydrogen-bond donors (Lipinski definition) is 1. The van der Waals surface area contributed by atoms with Crippen molar-refractivity contribution in [2.24, 2.45) is 0 Å². The van der Waals surface area contributed by atoms with Gasteiger partial charge in [-0.05, 0) is 80.9 Å². The van der Waals surface area contributed by atoms with E-state index in [-0.39, 0.29) is 11.9 Å². The second kappa shape index (κ2) is 9.07. The molecular weight excluding hydrogens is 459 g/mol. The number of anilines is 1. The third kappa shape index (κ3) is 4.35. The molecule has 2 heterocycles. The number of aromatic nitrogens is 2. The van der Waals surface area contributed by atoms with Crippen LogP contribution in [0.5, 0.6) is 0 Å². The number of allylic oxidation sites excluding steroid dienone is 1. The van der Waals surface area contributed by atoms with Gasteiger partial charge in [-0.15, -0.1) is 0 Å². The minimum atomic E-state index is -0.378. The van der Waals surface area contributed by atoms with E-state index in [1.54, 1.807) is 12.1 Å². The third-order valence-electron chi connectivity index (χ3n) is 6.40. The summed E-state index contributed by atoms with van der Waals surface area (Å²) in [6, 6.07) is 20.2. The van der Waals surface area contributed by atoms with E-state index >= 15 is 0 Å². The third-order valence-corrected chi connectivity index (χ3v) is 6.70. The van der Waals surface area contributed by atoms with Crippen LogP contribution >= 0.6 is 12.2 Å². The van der Waals surface area contributed by atoms with Gasteiger partial charge in [-0.25, -0.2) is 4.39 Å². The number of thiocarbonyl (C=S) groups is 1. The van der Waals surface area contributed by atoms with Gasteiger partial charge in [0.1, 0.15) is 5.82 Å². The van der Waals surface area contributed by atoms with Gasteiger partial charge in [0.2, 0.25) is 5.82 Å². The molecule has 1 aliphatic rings. The summed E-state index contributed by atoms with van der Waals surface area (Å²) >= 11 is 5.80. The Labute approximate surface area is 209 Å². The van der Waals surface area contributed by atoms with E-state index in [9.17, 15) is 4.39 Å². The van der Waals surface area contributed by atoms with Gasteiger partial charge in [0.15, 0.2) is 5.11 Å². The summed E-state index contributed by atoms with van der Waals surface area (Å²) in [5, 5.41) is 8.21. The molecule has 0 fully saturated rings. The zero-order valence-electron chi connectivity index (χ0n) is 20.0. The fourth-order valence-corrected chi connectivity index (χ4v) is 4.61. The molecule has 0 radical (unpaired) electrons. The van der Waals surface area contributed by atoms with Crippen LogP contribution in [0, 0.1) is 26.6 Å². The highest BCUT2D eigenvalue weighted by Crippen LogP contribution is 2.39. The van der Waals surface area contributed by atoms with Gasteiger partial charge >= 0.3 is 0 Å². The predicted molar refractivity (Wildman–Crippen MR) is 140 cm³/mol. The molecule has 4 aromatic rings. The van der Waals surface area contributed by atoms with Gasteiger partial charge in [-0.1, -0.05) is 53.2 Å². The molecule has 1 unspecified atom stereocenters. The second-order valence-electron chi connectivity index (χ2n) is 8.83.